The van der Waals surface area contributed by atoms with E-state index in [0.717, 1.165) is 22.9 Å². The Labute approximate surface area is 126 Å². The first-order valence-electron chi connectivity index (χ1n) is 6.49. The van der Waals surface area contributed by atoms with Crippen LogP contribution in [-0.4, -0.2) is 36.7 Å². The molecule has 6 nitrogen and oxygen atoms in total. The molecule has 0 spiro atoms. The van der Waals surface area contributed by atoms with Crippen molar-refractivity contribution < 1.29 is 15.0 Å². The van der Waals surface area contributed by atoms with E-state index in [1.54, 1.807) is 18.2 Å². The van der Waals surface area contributed by atoms with Crippen LogP contribution in [0.5, 0.6) is 5.75 Å². The van der Waals surface area contributed by atoms with Gasteiger partial charge < -0.3 is 10.2 Å². The predicted octanol–water partition coefficient (Wildman–Crippen LogP) is 2.72. The number of aromatic nitrogens is 3. The van der Waals surface area contributed by atoms with Crippen LogP contribution in [-0.2, 0) is 4.79 Å². The third-order valence-corrected chi connectivity index (χ3v) is 3.88. The van der Waals surface area contributed by atoms with Gasteiger partial charge in [-0.05, 0) is 44.5 Å². The van der Waals surface area contributed by atoms with Crippen LogP contribution in [0.25, 0.3) is 11.4 Å². The highest BCUT2D eigenvalue weighted by atomic mass is 32.2. The largest absolute Gasteiger partial charge is 0.508 e. The van der Waals surface area contributed by atoms with E-state index in [1.807, 2.05) is 25.3 Å². The molecule has 2 rings (SSSR count). The maximum absolute atomic E-state index is 10.7. The van der Waals surface area contributed by atoms with E-state index in [1.165, 1.54) is 0 Å². The molecule has 2 N–H and O–H groups in total. The van der Waals surface area contributed by atoms with E-state index in [9.17, 15) is 9.90 Å². The van der Waals surface area contributed by atoms with Crippen molar-refractivity contribution >= 4 is 17.7 Å². The highest BCUT2D eigenvalue weighted by Gasteiger charge is 2.18. The number of hydrogen-bond donors (Lipinski definition) is 2. The standard InChI is InChI=1S/C14H17N3O3S/c1-8(2)17-13(11-5-4-10(18)6-9(11)3)15-16-14(17)21-7-12(19)20/h4-6,8,18H,7H2,1-3H3,(H,19,20). The minimum atomic E-state index is -0.888. The number of benzene rings is 1. The maximum Gasteiger partial charge on any atom is 0.313 e. The van der Waals surface area contributed by atoms with Crippen molar-refractivity contribution in [2.75, 3.05) is 5.75 Å². The van der Waals surface area contributed by atoms with Gasteiger partial charge in [0.15, 0.2) is 11.0 Å². The summed E-state index contributed by atoms with van der Waals surface area (Å²) in [5.74, 6) is -0.0669. The van der Waals surface area contributed by atoms with Gasteiger partial charge in [-0.2, -0.15) is 0 Å². The number of carbonyl (C=O) groups is 1. The van der Waals surface area contributed by atoms with Crippen LogP contribution in [0, 0.1) is 6.92 Å². The Bertz CT molecular complexity index is 667. The maximum atomic E-state index is 10.7. The molecule has 0 saturated carbocycles. The van der Waals surface area contributed by atoms with E-state index in [2.05, 4.69) is 10.2 Å². The van der Waals surface area contributed by atoms with Gasteiger partial charge >= 0.3 is 5.97 Å². The first-order chi connectivity index (χ1) is 9.90. The number of hydrogen-bond acceptors (Lipinski definition) is 5. The van der Waals surface area contributed by atoms with E-state index in [0.29, 0.717) is 11.0 Å². The number of phenols is 1. The number of nitrogens with zero attached hydrogens (tertiary/aromatic N) is 3. The molecule has 0 fully saturated rings. The van der Waals surface area contributed by atoms with Gasteiger partial charge in [0.25, 0.3) is 0 Å². The summed E-state index contributed by atoms with van der Waals surface area (Å²) in [7, 11) is 0. The predicted molar refractivity (Wildman–Crippen MR) is 80.6 cm³/mol. The summed E-state index contributed by atoms with van der Waals surface area (Å²) in [6, 6.07) is 5.16. The zero-order valence-electron chi connectivity index (χ0n) is 12.1. The topological polar surface area (TPSA) is 88.2 Å². The highest BCUT2D eigenvalue weighted by Crippen LogP contribution is 2.30. The zero-order chi connectivity index (χ0) is 15.6. The van der Waals surface area contributed by atoms with Gasteiger partial charge in [0.05, 0.1) is 5.75 Å². The van der Waals surface area contributed by atoms with Gasteiger partial charge in [0, 0.05) is 11.6 Å². The van der Waals surface area contributed by atoms with Gasteiger partial charge in [-0.3, -0.25) is 9.36 Å². The Morgan fingerprint density at radius 2 is 2.10 bits per heavy atom. The van der Waals surface area contributed by atoms with E-state index >= 15 is 0 Å². The van der Waals surface area contributed by atoms with Crippen LogP contribution in [0.15, 0.2) is 23.4 Å². The van der Waals surface area contributed by atoms with Crippen molar-refractivity contribution in [3.05, 3.63) is 23.8 Å². The highest BCUT2D eigenvalue weighted by molar-refractivity contribution is 7.99. The molecule has 0 atom stereocenters. The van der Waals surface area contributed by atoms with Gasteiger partial charge in [0.2, 0.25) is 0 Å². The molecule has 0 amide bonds. The molecular formula is C14H17N3O3S. The van der Waals surface area contributed by atoms with Crippen molar-refractivity contribution in [3.8, 4) is 17.1 Å². The van der Waals surface area contributed by atoms with Crippen molar-refractivity contribution in [2.24, 2.45) is 0 Å². The zero-order valence-corrected chi connectivity index (χ0v) is 12.9. The fourth-order valence-corrected chi connectivity index (χ4v) is 2.84. The molecule has 112 valence electrons. The summed E-state index contributed by atoms with van der Waals surface area (Å²) in [5, 5.41) is 27.2. The summed E-state index contributed by atoms with van der Waals surface area (Å²) >= 11 is 1.15. The average molecular weight is 307 g/mol. The number of carboxylic acids is 1. The lowest BCUT2D eigenvalue weighted by atomic mass is 10.1. The summed E-state index contributed by atoms with van der Waals surface area (Å²) in [6.45, 7) is 5.87. The fraction of sp³-hybridized carbons (Fsp3) is 0.357. The van der Waals surface area contributed by atoms with Crippen LogP contribution in [0.3, 0.4) is 0 Å². The van der Waals surface area contributed by atoms with Gasteiger partial charge in [-0.25, -0.2) is 0 Å². The lowest BCUT2D eigenvalue weighted by molar-refractivity contribution is -0.133. The van der Waals surface area contributed by atoms with Gasteiger partial charge in [-0.1, -0.05) is 11.8 Å². The molecule has 1 aromatic heterocycles. The smallest absolute Gasteiger partial charge is 0.313 e. The first-order valence-corrected chi connectivity index (χ1v) is 7.48. The lowest BCUT2D eigenvalue weighted by Gasteiger charge is -2.14. The van der Waals surface area contributed by atoms with E-state index in [-0.39, 0.29) is 17.5 Å². The summed E-state index contributed by atoms with van der Waals surface area (Å²) in [6.07, 6.45) is 0. The molecule has 21 heavy (non-hydrogen) atoms. The molecule has 0 radical (unpaired) electrons. The number of aromatic hydroxyl groups is 1. The molecule has 0 aliphatic carbocycles. The number of aliphatic carboxylic acids is 1. The lowest BCUT2D eigenvalue weighted by Crippen LogP contribution is -2.07. The number of phenolic OH excluding ortho intramolecular Hbond substituents is 1. The van der Waals surface area contributed by atoms with Crippen molar-refractivity contribution in [1.82, 2.24) is 14.8 Å². The number of carboxylic acid groups (broad SMARTS) is 1. The number of rotatable bonds is 5. The normalized spacial score (nSPS) is 11.0. The Morgan fingerprint density at radius 1 is 1.38 bits per heavy atom. The van der Waals surface area contributed by atoms with Crippen molar-refractivity contribution in [2.45, 2.75) is 32.0 Å². The third-order valence-electron chi connectivity index (χ3n) is 2.96. The summed E-state index contributed by atoms with van der Waals surface area (Å²) in [5.41, 5.74) is 1.76. The van der Waals surface area contributed by atoms with Crippen LogP contribution in [0.4, 0.5) is 0 Å². The molecule has 7 heteroatoms. The molecule has 0 aliphatic heterocycles. The van der Waals surface area contributed by atoms with Crippen LogP contribution >= 0.6 is 11.8 Å². The summed E-state index contributed by atoms with van der Waals surface area (Å²) in [4.78, 5) is 10.7. The van der Waals surface area contributed by atoms with Gasteiger partial charge in [-0.15, -0.1) is 10.2 Å². The molecule has 0 bridgehead atoms. The Morgan fingerprint density at radius 3 is 2.67 bits per heavy atom. The Kier molecular flexibility index (Phi) is 4.52. The number of aryl methyl sites for hydroxylation is 1. The summed E-state index contributed by atoms with van der Waals surface area (Å²) < 4.78 is 1.91. The SMILES string of the molecule is Cc1cc(O)ccc1-c1nnc(SCC(=O)O)n1C(C)C. The first kappa shape index (κ1) is 15.4. The van der Waals surface area contributed by atoms with Crippen LogP contribution in [0.1, 0.15) is 25.5 Å². The Hall–Kier alpha value is -2.02. The molecule has 2 aromatic rings. The second-order valence-electron chi connectivity index (χ2n) is 4.95. The quantitative estimate of drug-likeness (QED) is 0.826. The number of thioether (sulfide) groups is 1. The van der Waals surface area contributed by atoms with E-state index in [4.69, 9.17) is 5.11 Å². The molecule has 1 heterocycles. The molecule has 1 aromatic carbocycles. The van der Waals surface area contributed by atoms with Crippen LogP contribution in [0.2, 0.25) is 0 Å². The molecule has 0 aliphatic rings. The monoisotopic (exact) mass is 307 g/mol. The average Bonchev–Trinajstić information content (AvgIpc) is 2.80. The van der Waals surface area contributed by atoms with Crippen molar-refractivity contribution in [1.29, 1.82) is 0 Å². The second kappa shape index (κ2) is 6.17. The van der Waals surface area contributed by atoms with Gasteiger partial charge in [0.1, 0.15) is 5.75 Å². The van der Waals surface area contributed by atoms with Crippen molar-refractivity contribution in [3.63, 3.8) is 0 Å². The Balaban J connectivity index is 2.46. The molecule has 0 saturated heterocycles. The molecule has 0 unspecified atom stereocenters. The fourth-order valence-electron chi connectivity index (χ4n) is 2.05. The third kappa shape index (κ3) is 3.36. The van der Waals surface area contributed by atoms with E-state index < -0.39 is 5.97 Å². The van der Waals surface area contributed by atoms with Crippen LogP contribution < -0.4 is 0 Å². The molecular weight excluding hydrogens is 290 g/mol. The minimum absolute atomic E-state index is 0.0561. The second-order valence-corrected chi connectivity index (χ2v) is 5.89. The minimum Gasteiger partial charge on any atom is -0.508 e.